The smallest absolute Gasteiger partial charge is 0.353 e. The second-order valence-corrected chi connectivity index (χ2v) is 6.14. The average molecular weight is 367 g/mol. The van der Waals surface area contributed by atoms with Gasteiger partial charge in [-0.05, 0) is 36.8 Å². The van der Waals surface area contributed by atoms with Gasteiger partial charge in [0.05, 0.1) is 5.56 Å². The highest BCUT2D eigenvalue weighted by Crippen LogP contribution is 2.29. The summed E-state index contributed by atoms with van der Waals surface area (Å²) in [7, 11) is 0. The molecular formula is C18H17F4N3O. The maximum Gasteiger partial charge on any atom is 0.417 e. The molecule has 0 spiro atoms. The average Bonchev–Trinajstić information content (AvgIpc) is 2.63. The summed E-state index contributed by atoms with van der Waals surface area (Å²) >= 11 is 0. The molecule has 2 aromatic rings. The van der Waals surface area contributed by atoms with Crippen LogP contribution in [0.15, 0.2) is 36.5 Å². The van der Waals surface area contributed by atoms with Gasteiger partial charge in [-0.25, -0.2) is 9.37 Å². The number of rotatable bonds is 2. The zero-order valence-corrected chi connectivity index (χ0v) is 14.1. The van der Waals surface area contributed by atoms with E-state index in [1.165, 1.54) is 18.2 Å². The molecule has 1 aromatic heterocycles. The zero-order valence-electron chi connectivity index (χ0n) is 14.1. The van der Waals surface area contributed by atoms with Crippen LogP contribution in [0.25, 0.3) is 0 Å². The number of benzene rings is 1. The topological polar surface area (TPSA) is 36.4 Å². The fourth-order valence-electron chi connectivity index (χ4n) is 2.87. The van der Waals surface area contributed by atoms with Crippen molar-refractivity contribution in [1.29, 1.82) is 0 Å². The molecule has 1 aliphatic heterocycles. The summed E-state index contributed by atoms with van der Waals surface area (Å²) in [5, 5.41) is 0. The van der Waals surface area contributed by atoms with Crippen molar-refractivity contribution in [2.24, 2.45) is 0 Å². The number of hydrogen-bond donors (Lipinski definition) is 0. The Labute approximate surface area is 148 Å². The van der Waals surface area contributed by atoms with Crippen LogP contribution in [0.3, 0.4) is 0 Å². The van der Waals surface area contributed by atoms with Gasteiger partial charge in [0.25, 0.3) is 5.91 Å². The molecule has 26 heavy (non-hydrogen) atoms. The van der Waals surface area contributed by atoms with Crippen molar-refractivity contribution in [3.05, 3.63) is 59.0 Å². The lowest BCUT2D eigenvalue weighted by Crippen LogP contribution is -2.49. The Hall–Kier alpha value is -2.64. The first kappa shape index (κ1) is 18.2. The number of aryl methyl sites for hydroxylation is 1. The molecule has 2 heterocycles. The van der Waals surface area contributed by atoms with Crippen LogP contribution in [0.2, 0.25) is 0 Å². The highest BCUT2D eigenvalue weighted by Gasteiger charge is 2.31. The van der Waals surface area contributed by atoms with E-state index in [9.17, 15) is 22.4 Å². The predicted octanol–water partition coefficient (Wildman–Crippen LogP) is 3.51. The van der Waals surface area contributed by atoms with Crippen LogP contribution in [0.5, 0.6) is 0 Å². The molecule has 1 amide bonds. The van der Waals surface area contributed by atoms with E-state index in [2.05, 4.69) is 4.98 Å². The molecule has 4 nitrogen and oxygen atoms in total. The van der Waals surface area contributed by atoms with E-state index in [0.29, 0.717) is 43.1 Å². The van der Waals surface area contributed by atoms with Crippen LogP contribution in [-0.4, -0.2) is 42.0 Å². The van der Waals surface area contributed by atoms with Crippen LogP contribution in [-0.2, 0) is 6.18 Å². The number of carbonyl (C=O) groups excluding carboxylic acids is 1. The van der Waals surface area contributed by atoms with Crippen molar-refractivity contribution in [1.82, 2.24) is 9.88 Å². The summed E-state index contributed by atoms with van der Waals surface area (Å²) in [6, 6.07) is 6.42. The Morgan fingerprint density at radius 1 is 1.08 bits per heavy atom. The van der Waals surface area contributed by atoms with Gasteiger partial charge >= 0.3 is 6.18 Å². The molecule has 0 unspecified atom stereocenters. The lowest BCUT2D eigenvalue weighted by molar-refractivity contribution is -0.137. The second-order valence-electron chi connectivity index (χ2n) is 6.14. The molecule has 3 rings (SSSR count). The molecule has 0 bridgehead atoms. The Morgan fingerprint density at radius 3 is 2.35 bits per heavy atom. The van der Waals surface area contributed by atoms with Gasteiger partial charge in [-0.2, -0.15) is 13.2 Å². The lowest BCUT2D eigenvalue weighted by atomic mass is 10.1. The third kappa shape index (κ3) is 3.79. The van der Waals surface area contributed by atoms with Gasteiger partial charge in [-0.3, -0.25) is 4.79 Å². The van der Waals surface area contributed by atoms with E-state index in [0.717, 1.165) is 12.3 Å². The normalized spacial score (nSPS) is 15.3. The molecule has 8 heteroatoms. The van der Waals surface area contributed by atoms with Gasteiger partial charge < -0.3 is 9.80 Å². The fourth-order valence-corrected chi connectivity index (χ4v) is 2.87. The second kappa shape index (κ2) is 6.93. The van der Waals surface area contributed by atoms with Crippen molar-refractivity contribution < 1.29 is 22.4 Å². The van der Waals surface area contributed by atoms with Gasteiger partial charge in [-0.15, -0.1) is 0 Å². The minimum absolute atomic E-state index is 0.248. The van der Waals surface area contributed by atoms with Crippen LogP contribution in [0, 0.1) is 12.7 Å². The minimum atomic E-state index is -4.42. The van der Waals surface area contributed by atoms with Crippen LogP contribution >= 0.6 is 0 Å². The molecule has 0 atom stereocenters. The van der Waals surface area contributed by atoms with Gasteiger partial charge in [0.2, 0.25) is 0 Å². The summed E-state index contributed by atoms with van der Waals surface area (Å²) in [5.41, 5.74) is 0.228. The Bertz CT molecular complexity index is 797. The standard InChI is InChI=1S/C18H17F4N3O/c1-12-2-4-14(19)10-15(12)17(26)25-8-6-24(7-9-25)16-5-3-13(11-23-16)18(20,21)22/h2-5,10-11H,6-9H2,1H3. The largest absolute Gasteiger partial charge is 0.417 e. The summed E-state index contributed by atoms with van der Waals surface area (Å²) in [5.74, 6) is -0.277. The summed E-state index contributed by atoms with van der Waals surface area (Å²) in [6.07, 6.45) is -3.61. The van der Waals surface area contributed by atoms with Gasteiger partial charge in [-0.1, -0.05) is 6.07 Å². The summed E-state index contributed by atoms with van der Waals surface area (Å²) in [4.78, 5) is 19.9. The molecule has 0 N–H and O–H groups in total. The number of amides is 1. The van der Waals surface area contributed by atoms with Gasteiger partial charge in [0.1, 0.15) is 11.6 Å². The highest BCUT2D eigenvalue weighted by atomic mass is 19.4. The van der Waals surface area contributed by atoms with Crippen molar-refractivity contribution in [3.8, 4) is 0 Å². The van der Waals surface area contributed by atoms with Gasteiger partial charge in [0, 0.05) is 37.9 Å². The first-order valence-electron chi connectivity index (χ1n) is 8.09. The molecule has 1 saturated heterocycles. The number of alkyl halides is 3. The molecule has 0 saturated carbocycles. The number of hydrogen-bond acceptors (Lipinski definition) is 3. The Balaban J connectivity index is 1.65. The number of anilines is 1. The third-order valence-electron chi connectivity index (χ3n) is 4.40. The molecule has 1 fully saturated rings. The number of carbonyl (C=O) groups is 1. The molecule has 0 aliphatic carbocycles. The monoisotopic (exact) mass is 367 g/mol. The van der Waals surface area contributed by atoms with E-state index in [4.69, 9.17) is 0 Å². The van der Waals surface area contributed by atoms with Crippen molar-refractivity contribution >= 4 is 11.7 Å². The van der Waals surface area contributed by atoms with E-state index >= 15 is 0 Å². The van der Waals surface area contributed by atoms with Crippen molar-refractivity contribution in [2.75, 3.05) is 31.1 Å². The predicted molar refractivity (Wildman–Crippen MR) is 88.5 cm³/mol. The Kier molecular flexibility index (Phi) is 4.84. The van der Waals surface area contributed by atoms with Crippen molar-refractivity contribution in [3.63, 3.8) is 0 Å². The molecular weight excluding hydrogens is 350 g/mol. The maximum absolute atomic E-state index is 13.4. The van der Waals surface area contributed by atoms with E-state index in [-0.39, 0.29) is 5.91 Å². The van der Waals surface area contributed by atoms with Gasteiger partial charge in [0.15, 0.2) is 0 Å². The third-order valence-corrected chi connectivity index (χ3v) is 4.40. The molecule has 1 aliphatic rings. The first-order valence-corrected chi connectivity index (χ1v) is 8.09. The van der Waals surface area contributed by atoms with Crippen molar-refractivity contribution in [2.45, 2.75) is 13.1 Å². The minimum Gasteiger partial charge on any atom is -0.353 e. The van der Waals surface area contributed by atoms with E-state index in [1.807, 2.05) is 4.90 Å². The summed E-state index contributed by atoms with van der Waals surface area (Å²) < 4.78 is 51.2. The van der Waals surface area contributed by atoms with E-state index in [1.54, 1.807) is 17.9 Å². The summed E-state index contributed by atoms with van der Waals surface area (Å²) in [6.45, 7) is 3.40. The quantitative estimate of drug-likeness (QED) is 0.763. The molecule has 1 aromatic carbocycles. The number of nitrogens with zero attached hydrogens (tertiary/aromatic N) is 3. The molecule has 138 valence electrons. The lowest BCUT2D eigenvalue weighted by Gasteiger charge is -2.35. The van der Waals surface area contributed by atoms with E-state index < -0.39 is 17.6 Å². The Morgan fingerprint density at radius 2 is 1.77 bits per heavy atom. The maximum atomic E-state index is 13.4. The number of piperazine rings is 1. The number of halogens is 4. The molecule has 0 radical (unpaired) electrons. The number of pyridine rings is 1. The fraction of sp³-hybridized carbons (Fsp3) is 0.333. The SMILES string of the molecule is Cc1ccc(F)cc1C(=O)N1CCN(c2ccc(C(F)(F)F)cn2)CC1. The van der Waals surface area contributed by atoms with Crippen LogP contribution in [0.1, 0.15) is 21.5 Å². The zero-order chi connectivity index (χ0) is 18.9. The van der Waals surface area contributed by atoms with Crippen LogP contribution in [0.4, 0.5) is 23.4 Å². The number of aromatic nitrogens is 1. The highest BCUT2D eigenvalue weighted by molar-refractivity contribution is 5.95. The van der Waals surface area contributed by atoms with Crippen LogP contribution < -0.4 is 4.90 Å². The first-order chi connectivity index (χ1) is 12.3.